The quantitative estimate of drug-likeness (QED) is 0.232. The minimum absolute atomic E-state index is 0.167. The van der Waals surface area contributed by atoms with Gasteiger partial charge in [-0.15, -0.1) is 0 Å². The molecule has 2 unspecified atom stereocenters. The van der Waals surface area contributed by atoms with Gasteiger partial charge in [-0.3, -0.25) is 14.5 Å². The number of thioether (sulfide) groups is 1. The highest BCUT2D eigenvalue weighted by atomic mass is 32.2. The maximum Gasteiger partial charge on any atom is 0.332 e. The summed E-state index contributed by atoms with van der Waals surface area (Å²) in [5, 5.41) is 9.95. The van der Waals surface area contributed by atoms with E-state index in [1.807, 2.05) is 0 Å². The van der Waals surface area contributed by atoms with E-state index in [0.29, 0.717) is 18.7 Å². The van der Waals surface area contributed by atoms with Gasteiger partial charge in [0.25, 0.3) is 0 Å². The van der Waals surface area contributed by atoms with Gasteiger partial charge in [0.15, 0.2) is 11.3 Å². The van der Waals surface area contributed by atoms with Crippen molar-refractivity contribution in [3.05, 3.63) is 0 Å². The van der Waals surface area contributed by atoms with Crippen LogP contribution in [0.15, 0.2) is 0 Å². The predicted molar refractivity (Wildman–Crippen MR) is 116 cm³/mol. The van der Waals surface area contributed by atoms with E-state index in [4.69, 9.17) is 10.5 Å². The Morgan fingerprint density at radius 1 is 1.17 bits per heavy atom. The molecule has 0 spiro atoms. The Kier molecular flexibility index (Phi) is 11.8. The number of carboxylic acids is 1. The third kappa shape index (κ3) is 6.96. The molecule has 0 aromatic rings. The van der Waals surface area contributed by atoms with E-state index in [0.717, 1.165) is 18.6 Å². The summed E-state index contributed by atoms with van der Waals surface area (Å²) in [4.78, 5) is 39.2. The molecule has 8 heteroatoms. The van der Waals surface area contributed by atoms with Crippen molar-refractivity contribution in [3.63, 3.8) is 0 Å². The molecule has 3 N–H and O–H groups in total. The normalized spacial score (nSPS) is 21.7. The lowest BCUT2D eigenvalue weighted by molar-refractivity contribution is -0.162. The molecule has 1 rings (SSSR count). The summed E-state index contributed by atoms with van der Waals surface area (Å²) in [5.41, 5.74) is 4.02. The van der Waals surface area contributed by atoms with Crippen LogP contribution in [0.1, 0.15) is 72.1 Å². The Balaban J connectivity index is 2.83. The Bertz CT molecular complexity index is 543. The van der Waals surface area contributed by atoms with Crippen molar-refractivity contribution in [2.75, 3.05) is 24.7 Å². The molecular formula is C21H38N2O5S. The monoisotopic (exact) mass is 430 g/mol. The Hall–Kier alpha value is -1.12. The van der Waals surface area contributed by atoms with Gasteiger partial charge >= 0.3 is 11.9 Å². The van der Waals surface area contributed by atoms with Crippen LogP contribution in [0.4, 0.5) is 0 Å². The molecule has 1 aliphatic rings. The SMILES string of the molecule is CCCCCCCCSC[C@@H](C(=O)OCC)N1CCCC1(C(=O)O)C(=O)C(C)N. The molecule has 0 aromatic carbocycles. The number of ether oxygens (including phenoxy) is 1. The lowest BCUT2D eigenvalue weighted by Gasteiger charge is -2.38. The van der Waals surface area contributed by atoms with Gasteiger partial charge in [0.1, 0.15) is 6.04 Å². The van der Waals surface area contributed by atoms with Crippen molar-refractivity contribution < 1.29 is 24.2 Å². The van der Waals surface area contributed by atoms with Crippen LogP contribution in [-0.2, 0) is 19.1 Å². The first-order valence-electron chi connectivity index (χ1n) is 10.9. The number of nitrogens with zero attached hydrogens (tertiary/aromatic N) is 1. The second kappa shape index (κ2) is 13.2. The Morgan fingerprint density at radius 3 is 2.41 bits per heavy atom. The molecule has 1 heterocycles. The first kappa shape index (κ1) is 25.9. The molecule has 1 aliphatic heterocycles. The van der Waals surface area contributed by atoms with E-state index >= 15 is 0 Å². The topological polar surface area (TPSA) is 110 Å². The summed E-state index contributed by atoms with van der Waals surface area (Å²) in [5.74, 6) is -0.926. The molecule has 29 heavy (non-hydrogen) atoms. The van der Waals surface area contributed by atoms with Gasteiger partial charge < -0.3 is 15.6 Å². The maximum absolute atomic E-state index is 12.8. The number of hydrogen-bond donors (Lipinski definition) is 2. The number of aliphatic carboxylic acids is 1. The maximum atomic E-state index is 12.8. The molecule has 1 fully saturated rings. The van der Waals surface area contributed by atoms with Gasteiger partial charge in [0, 0.05) is 12.3 Å². The highest BCUT2D eigenvalue weighted by Gasteiger charge is 2.57. The van der Waals surface area contributed by atoms with Crippen molar-refractivity contribution >= 4 is 29.5 Å². The first-order valence-corrected chi connectivity index (χ1v) is 12.0. The molecule has 1 saturated heterocycles. The minimum atomic E-state index is -1.74. The number of ketones is 1. The van der Waals surface area contributed by atoms with Crippen molar-refractivity contribution in [1.82, 2.24) is 4.90 Å². The molecule has 3 atom stereocenters. The molecular weight excluding hydrogens is 392 g/mol. The van der Waals surface area contributed by atoms with Crippen LogP contribution in [0.3, 0.4) is 0 Å². The number of esters is 1. The number of rotatable bonds is 15. The molecule has 0 aromatic heterocycles. The third-order valence-corrected chi connectivity index (χ3v) is 6.58. The van der Waals surface area contributed by atoms with E-state index in [1.165, 1.54) is 37.5 Å². The van der Waals surface area contributed by atoms with E-state index in [1.54, 1.807) is 18.7 Å². The molecule has 168 valence electrons. The minimum Gasteiger partial charge on any atom is -0.480 e. The summed E-state index contributed by atoms with van der Waals surface area (Å²) >= 11 is 1.62. The van der Waals surface area contributed by atoms with Gasteiger partial charge in [-0.25, -0.2) is 4.79 Å². The third-order valence-electron chi connectivity index (χ3n) is 5.46. The van der Waals surface area contributed by atoms with Crippen LogP contribution < -0.4 is 5.73 Å². The average Bonchev–Trinajstić information content (AvgIpc) is 3.12. The summed E-state index contributed by atoms with van der Waals surface area (Å²) in [6.45, 7) is 5.99. The standard InChI is InChI=1S/C21H38N2O5S/c1-4-6-7-8-9-10-14-29-15-17(19(25)28-5-2)23-13-11-12-21(23,20(26)27)18(24)16(3)22/h16-17H,4-15,22H2,1-3H3,(H,26,27)/t16?,17-,21?/m0/s1. The molecule has 0 aliphatic carbocycles. The molecule has 0 amide bonds. The second-order valence-electron chi connectivity index (χ2n) is 7.73. The number of carbonyl (C=O) groups excluding carboxylic acids is 2. The number of nitrogens with two attached hydrogens (primary N) is 1. The average molecular weight is 431 g/mol. The smallest absolute Gasteiger partial charge is 0.332 e. The zero-order valence-corrected chi connectivity index (χ0v) is 19.0. The van der Waals surface area contributed by atoms with Crippen LogP contribution in [0.25, 0.3) is 0 Å². The summed E-state index contributed by atoms with van der Waals surface area (Å²) < 4.78 is 5.22. The number of hydrogen-bond acceptors (Lipinski definition) is 7. The zero-order chi connectivity index (χ0) is 21.9. The Labute approximate surface area is 179 Å². The summed E-state index contributed by atoms with van der Waals surface area (Å²) in [7, 11) is 0. The number of unbranched alkanes of at least 4 members (excludes halogenated alkanes) is 5. The first-order chi connectivity index (χ1) is 13.8. The van der Waals surface area contributed by atoms with Crippen molar-refractivity contribution in [2.24, 2.45) is 5.73 Å². The van der Waals surface area contributed by atoms with Gasteiger partial charge in [-0.05, 0) is 38.9 Å². The number of likely N-dealkylation sites (tertiary alicyclic amines) is 1. The highest BCUT2D eigenvalue weighted by molar-refractivity contribution is 7.99. The van der Waals surface area contributed by atoms with Crippen LogP contribution in [0.5, 0.6) is 0 Å². The van der Waals surface area contributed by atoms with Gasteiger partial charge in [-0.1, -0.05) is 39.0 Å². The van der Waals surface area contributed by atoms with Gasteiger partial charge in [-0.2, -0.15) is 11.8 Å². The fraction of sp³-hybridized carbons (Fsp3) is 0.857. The number of carboxylic acid groups (broad SMARTS) is 1. The van der Waals surface area contributed by atoms with Gasteiger partial charge in [0.05, 0.1) is 12.6 Å². The Morgan fingerprint density at radius 2 is 1.83 bits per heavy atom. The number of Topliss-reactive ketones (excluding diaryl/α,β-unsaturated/α-hetero) is 1. The fourth-order valence-electron chi connectivity index (χ4n) is 3.94. The largest absolute Gasteiger partial charge is 0.480 e. The van der Waals surface area contributed by atoms with Crippen molar-refractivity contribution in [3.8, 4) is 0 Å². The van der Waals surface area contributed by atoms with E-state index in [9.17, 15) is 19.5 Å². The zero-order valence-electron chi connectivity index (χ0n) is 18.2. The molecule has 0 saturated carbocycles. The van der Waals surface area contributed by atoms with Crippen molar-refractivity contribution in [1.29, 1.82) is 0 Å². The van der Waals surface area contributed by atoms with Crippen molar-refractivity contribution in [2.45, 2.75) is 89.8 Å². The van der Waals surface area contributed by atoms with Crippen LogP contribution >= 0.6 is 11.8 Å². The highest BCUT2D eigenvalue weighted by Crippen LogP contribution is 2.35. The second-order valence-corrected chi connectivity index (χ2v) is 8.88. The molecule has 0 bridgehead atoms. The van der Waals surface area contributed by atoms with Gasteiger partial charge in [0.2, 0.25) is 0 Å². The lowest BCUT2D eigenvalue weighted by Crippen LogP contribution is -2.65. The van der Waals surface area contributed by atoms with Crippen LogP contribution in [0, 0.1) is 0 Å². The summed E-state index contributed by atoms with van der Waals surface area (Å²) in [6, 6.07) is -1.67. The van der Waals surface area contributed by atoms with E-state index in [2.05, 4.69) is 6.92 Å². The number of carbonyl (C=O) groups is 3. The summed E-state index contributed by atoms with van der Waals surface area (Å²) in [6.07, 6.45) is 7.86. The van der Waals surface area contributed by atoms with E-state index in [-0.39, 0.29) is 13.0 Å². The predicted octanol–water partition coefficient (Wildman–Crippen LogP) is 2.85. The fourth-order valence-corrected chi connectivity index (χ4v) is 5.06. The van der Waals surface area contributed by atoms with Crippen LogP contribution in [0.2, 0.25) is 0 Å². The van der Waals surface area contributed by atoms with Crippen LogP contribution in [-0.4, -0.2) is 70.0 Å². The molecule has 0 radical (unpaired) electrons. The van der Waals surface area contributed by atoms with E-state index < -0.39 is 35.3 Å². The molecule has 7 nitrogen and oxygen atoms in total. The lowest BCUT2D eigenvalue weighted by atomic mass is 9.86.